The van der Waals surface area contributed by atoms with E-state index < -0.39 is 10.0 Å². The smallest absolute Gasteiger partial charge is 0.261 e. The molecule has 0 heterocycles. The van der Waals surface area contributed by atoms with Gasteiger partial charge in [-0.15, -0.1) is 0 Å². The molecule has 4 nitrogen and oxygen atoms in total. The molecule has 0 saturated heterocycles. The van der Waals surface area contributed by atoms with E-state index >= 15 is 0 Å². The second-order valence-electron chi connectivity index (χ2n) is 4.47. The number of sulfonamides is 1. The van der Waals surface area contributed by atoms with Crippen molar-refractivity contribution in [2.75, 3.05) is 4.72 Å². The SMILES string of the molecule is CC(N)c1cccc(S(=O)(=O)Nc2ccc(Cl)cc2)c1. The Hall–Kier alpha value is -1.56. The molecular formula is C14H15ClN2O2S. The van der Waals surface area contributed by atoms with Crippen LogP contribution in [0.3, 0.4) is 0 Å². The van der Waals surface area contributed by atoms with E-state index in [0.717, 1.165) is 5.56 Å². The maximum atomic E-state index is 12.3. The molecule has 0 aliphatic heterocycles. The Morgan fingerprint density at radius 1 is 1.15 bits per heavy atom. The van der Waals surface area contributed by atoms with Crippen LogP contribution in [-0.2, 0) is 10.0 Å². The molecule has 106 valence electrons. The van der Waals surface area contributed by atoms with Crippen molar-refractivity contribution in [3.05, 3.63) is 59.1 Å². The topological polar surface area (TPSA) is 72.2 Å². The van der Waals surface area contributed by atoms with Crippen molar-refractivity contribution in [2.24, 2.45) is 5.73 Å². The van der Waals surface area contributed by atoms with Gasteiger partial charge in [0, 0.05) is 16.8 Å². The summed E-state index contributed by atoms with van der Waals surface area (Å²) in [7, 11) is -3.63. The summed E-state index contributed by atoms with van der Waals surface area (Å²) in [6, 6.07) is 12.8. The zero-order valence-corrected chi connectivity index (χ0v) is 12.4. The lowest BCUT2D eigenvalue weighted by Crippen LogP contribution is -2.14. The predicted molar refractivity (Wildman–Crippen MR) is 81.3 cm³/mol. The van der Waals surface area contributed by atoms with Gasteiger partial charge in [-0.3, -0.25) is 4.72 Å². The van der Waals surface area contributed by atoms with Crippen molar-refractivity contribution in [1.82, 2.24) is 0 Å². The van der Waals surface area contributed by atoms with E-state index in [0.29, 0.717) is 10.7 Å². The lowest BCUT2D eigenvalue weighted by atomic mass is 10.1. The Bertz CT molecular complexity index is 697. The Labute approximate surface area is 123 Å². The highest BCUT2D eigenvalue weighted by atomic mass is 35.5. The maximum absolute atomic E-state index is 12.3. The van der Waals surface area contributed by atoms with Crippen LogP contribution in [0.15, 0.2) is 53.4 Å². The van der Waals surface area contributed by atoms with Gasteiger partial charge in [0.25, 0.3) is 10.0 Å². The molecule has 1 unspecified atom stereocenters. The lowest BCUT2D eigenvalue weighted by molar-refractivity contribution is 0.601. The number of rotatable bonds is 4. The van der Waals surface area contributed by atoms with Gasteiger partial charge in [-0.05, 0) is 48.9 Å². The van der Waals surface area contributed by atoms with Gasteiger partial charge in [-0.1, -0.05) is 23.7 Å². The normalized spacial score (nSPS) is 12.9. The molecule has 2 rings (SSSR count). The van der Waals surface area contributed by atoms with Crippen molar-refractivity contribution >= 4 is 27.3 Å². The third kappa shape index (κ3) is 3.50. The fraction of sp³-hybridized carbons (Fsp3) is 0.143. The van der Waals surface area contributed by atoms with Gasteiger partial charge in [0.15, 0.2) is 0 Å². The zero-order chi connectivity index (χ0) is 14.8. The molecular weight excluding hydrogens is 296 g/mol. The van der Waals surface area contributed by atoms with Crippen LogP contribution < -0.4 is 10.5 Å². The minimum absolute atomic E-state index is 0.183. The number of hydrogen-bond acceptors (Lipinski definition) is 3. The molecule has 0 amide bonds. The highest BCUT2D eigenvalue weighted by Gasteiger charge is 2.15. The third-order valence-corrected chi connectivity index (χ3v) is 4.42. The van der Waals surface area contributed by atoms with Crippen molar-refractivity contribution in [1.29, 1.82) is 0 Å². The second-order valence-corrected chi connectivity index (χ2v) is 6.59. The molecule has 0 aliphatic rings. The molecule has 3 N–H and O–H groups in total. The van der Waals surface area contributed by atoms with Gasteiger partial charge in [-0.2, -0.15) is 0 Å². The van der Waals surface area contributed by atoms with Crippen LogP contribution in [0.2, 0.25) is 5.02 Å². The average Bonchev–Trinajstić information content (AvgIpc) is 2.41. The Balaban J connectivity index is 2.30. The van der Waals surface area contributed by atoms with Crippen LogP contribution in [-0.4, -0.2) is 8.42 Å². The molecule has 2 aromatic carbocycles. The highest BCUT2D eigenvalue weighted by Crippen LogP contribution is 2.20. The van der Waals surface area contributed by atoms with E-state index in [2.05, 4.69) is 4.72 Å². The second kappa shape index (κ2) is 5.83. The molecule has 1 atom stereocenters. The Morgan fingerprint density at radius 3 is 2.40 bits per heavy atom. The van der Waals surface area contributed by atoms with E-state index in [4.69, 9.17) is 17.3 Å². The monoisotopic (exact) mass is 310 g/mol. The third-order valence-electron chi connectivity index (χ3n) is 2.79. The first-order valence-corrected chi connectivity index (χ1v) is 7.88. The number of halogens is 1. The molecule has 0 aromatic heterocycles. The first-order chi connectivity index (χ1) is 9.38. The quantitative estimate of drug-likeness (QED) is 0.911. The van der Waals surface area contributed by atoms with E-state index in [1.807, 2.05) is 0 Å². The van der Waals surface area contributed by atoms with E-state index in [-0.39, 0.29) is 10.9 Å². The van der Waals surface area contributed by atoms with Crippen molar-refractivity contribution < 1.29 is 8.42 Å². The summed E-state index contributed by atoms with van der Waals surface area (Å²) in [5.74, 6) is 0. The van der Waals surface area contributed by atoms with Gasteiger partial charge >= 0.3 is 0 Å². The number of benzene rings is 2. The van der Waals surface area contributed by atoms with Crippen molar-refractivity contribution in [2.45, 2.75) is 17.9 Å². The van der Waals surface area contributed by atoms with Crippen LogP contribution in [0.5, 0.6) is 0 Å². The fourth-order valence-electron chi connectivity index (χ4n) is 1.70. The van der Waals surface area contributed by atoms with Gasteiger partial charge in [0.05, 0.1) is 4.90 Å². The molecule has 6 heteroatoms. The molecule has 0 radical (unpaired) electrons. The lowest BCUT2D eigenvalue weighted by Gasteiger charge is -2.11. The summed E-state index contributed by atoms with van der Waals surface area (Å²) < 4.78 is 27.1. The van der Waals surface area contributed by atoms with Crippen LogP contribution >= 0.6 is 11.6 Å². The van der Waals surface area contributed by atoms with Crippen LogP contribution in [0.1, 0.15) is 18.5 Å². The molecule has 0 aliphatic carbocycles. The highest BCUT2D eigenvalue weighted by molar-refractivity contribution is 7.92. The minimum atomic E-state index is -3.63. The van der Waals surface area contributed by atoms with E-state index in [9.17, 15) is 8.42 Å². The Morgan fingerprint density at radius 2 is 1.80 bits per heavy atom. The summed E-state index contributed by atoms with van der Waals surface area (Å²) >= 11 is 5.76. The molecule has 0 saturated carbocycles. The summed E-state index contributed by atoms with van der Waals surface area (Å²) in [4.78, 5) is 0.183. The minimum Gasteiger partial charge on any atom is -0.324 e. The van der Waals surface area contributed by atoms with E-state index in [1.54, 1.807) is 49.4 Å². The number of hydrogen-bond donors (Lipinski definition) is 2. The summed E-state index contributed by atoms with van der Waals surface area (Å²) in [6.07, 6.45) is 0. The average molecular weight is 311 g/mol. The molecule has 20 heavy (non-hydrogen) atoms. The maximum Gasteiger partial charge on any atom is 0.261 e. The van der Waals surface area contributed by atoms with Crippen molar-refractivity contribution in [3.63, 3.8) is 0 Å². The summed E-state index contributed by atoms with van der Waals surface area (Å²) in [5.41, 5.74) is 6.99. The summed E-state index contributed by atoms with van der Waals surface area (Å²) in [6.45, 7) is 1.80. The van der Waals surface area contributed by atoms with Crippen molar-refractivity contribution in [3.8, 4) is 0 Å². The van der Waals surface area contributed by atoms with Gasteiger partial charge in [0.1, 0.15) is 0 Å². The molecule has 0 spiro atoms. The zero-order valence-electron chi connectivity index (χ0n) is 10.9. The van der Waals surface area contributed by atoms with Gasteiger partial charge in [0.2, 0.25) is 0 Å². The van der Waals surface area contributed by atoms with Crippen LogP contribution in [0.4, 0.5) is 5.69 Å². The van der Waals surface area contributed by atoms with Crippen LogP contribution in [0, 0.1) is 0 Å². The predicted octanol–water partition coefficient (Wildman–Crippen LogP) is 3.16. The molecule has 0 bridgehead atoms. The van der Waals surface area contributed by atoms with Gasteiger partial charge < -0.3 is 5.73 Å². The number of nitrogens with two attached hydrogens (primary N) is 1. The summed E-state index contributed by atoms with van der Waals surface area (Å²) in [5, 5.41) is 0.548. The van der Waals surface area contributed by atoms with Gasteiger partial charge in [-0.25, -0.2) is 8.42 Å². The standard InChI is InChI=1S/C14H15ClN2O2S/c1-10(16)11-3-2-4-14(9-11)20(18,19)17-13-7-5-12(15)6-8-13/h2-10,17H,16H2,1H3. The first kappa shape index (κ1) is 14.8. The largest absolute Gasteiger partial charge is 0.324 e. The molecule has 2 aromatic rings. The van der Waals surface area contributed by atoms with E-state index in [1.165, 1.54) is 6.07 Å². The Kier molecular flexibility index (Phi) is 4.32. The first-order valence-electron chi connectivity index (χ1n) is 6.02. The van der Waals surface area contributed by atoms with Crippen LogP contribution in [0.25, 0.3) is 0 Å². The fourth-order valence-corrected chi connectivity index (χ4v) is 2.94. The molecule has 0 fully saturated rings. The number of nitrogens with one attached hydrogen (secondary N) is 1. The number of anilines is 1.